The number of aldehydes is 1. The Kier molecular flexibility index (Phi) is 8.69. The van der Waals surface area contributed by atoms with Crippen LogP contribution in [0.1, 0.15) is 24.5 Å². The molecule has 0 saturated carbocycles. The van der Waals surface area contributed by atoms with Gasteiger partial charge in [-0.15, -0.1) is 0 Å². The molecule has 0 radical (unpaired) electrons. The first-order chi connectivity index (χ1) is 11.0. The van der Waals surface area contributed by atoms with Crippen molar-refractivity contribution in [2.24, 2.45) is 0 Å². The maximum Gasteiger partial charge on any atom is 0.156 e. The molecular weight excluding hydrogens is 308 g/mol. The molecule has 0 spiro atoms. The number of carbonyl (C=O) groups is 1. The van der Waals surface area contributed by atoms with Gasteiger partial charge in [-0.05, 0) is 43.0 Å². The molecule has 1 N–H and O–H groups in total. The fourth-order valence-corrected chi connectivity index (χ4v) is 2.94. The van der Waals surface area contributed by atoms with E-state index >= 15 is 0 Å². The van der Waals surface area contributed by atoms with Gasteiger partial charge in [-0.1, -0.05) is 30.0 Å². The zero-order chi connectivity index (χ0) is 17.2. The van der Waals surface area contributed by atoms with Crippen molar-refractivity contribution in [2.45, 2.75) is 19.8 Å². The van der Waals surface area contributed by atoms with Crippen molar-refractivity contribution in [3.05, 3.63) is 46.4 Å². The molecule has 0 aliphatic heterocycles. The highest BCUT2D eigenvalue weighted by Crippen LogP contribution is 2.39. The summed E-state index contributed by atoms with van der Waals surface area (Å²) in [5.41, 5.74) is 3.72. The van der Waals surface area contributed by atoms with Gasteiger partial charge in [0.1, 0.15) is 0 Å². The van der Waals surface area contributed by atoms with Crippen molar-refractivity contribution < 1.29 is 9.63 Å². The molecule has 0 fully saturated rings. The van der Waals surface area contributed by atoms with Gasteiger partial charge in [-0.3, -0.25) is 4.79 Å². The third kappa shape index (κ3) is 6.22. The van der Waals surface area contributed by atoms with E-state index in [1.807, 2.05) is 34.1 Å². The average molecular weight is 334 g/mol. The quantitative estimate of drug-likeness (QED) is 0.501. The number of aryl methyl sites for hydroxylation is 1. The van der Waals surface area contributed by atoms with Crippen molar-refractivity contribution in [1.82, 2.24) is 5.06 Å². The highest BCUT2D eigenvalue weighted by Gasteiger charge is 2.14. The minimum Gasteiger partial charge on any atom is -0.388 e. The van der Waals surface area contributed by atoms with Crippen molar-refractivity contribution in [1.29, 1.82) is 0 Å². The summed E-state index contributed by atoms with van der Waals surface area (Å²) in [6, 6.07) is 6.43. The lowest BCUT2D eigenvalue weighted by Gasteiger charge is -2.18. The maximum absolute atomic E-state index is 10.9. The minimum absolute atomic E-state index is 0.768. The first kappa shape index (κ1) is 19.5. The number of benzene rings is 1. The second kappa shape index (κ2) is 10.3. The molecule has 0 aromatic heterocycles. The number of anilines is 1. The fraction of sp³-hybridized carbons (Fsp3) is 0.389. The highest BCUT2D eigenvalue weighted by atomic mass is 32.2. The van der Waals surface area contributed by atoms with Crippen molar-refractivity contribution in [2.75, 3.05) is 33.6 Å². The van der Waals surface area contributed by atoms with Crippen LogP contribution in [0, 0.1) is 0 Å². The Morgan fingerprint density at radius 1 is 1.39 bits per heavy atom. The van der Waals surface area contributed by atoms with Crippen LogP contribution in [-0.2, 0) is 16.1 Å². The SMILES string of the molecule is C/C=C(/C=O)SC1=CCCc2ccc(NC)cc21.CON(C)C. The van der Waals surface area contributed by atoms with Gasteiger partial charge in [0.25, 0.3) is 0 Å². The molecule has 0 amide bonds. The lowest BCUT2D eigenvalue weighted by atomic mass is 9.97. The number of fused-ring (bicyclic) bond motifs is 1. The third-order valence-electron chi connectivity index (χ3n) is 3.40. The van der Waals surface area contributed by atoms with Gasteiger partial charge < -0.3 is 10.2 Å². The molecule has 1 aromatic carbocycles. The average Bonchev–Trinajstić information content (AvgIpc) is 2.59. The largest absolute Gasteiger partial charge is 0.388 e. The third-order valence-corrected chi connectivity index (χ3v) is 4.58. The van der Waals surface area contributed by atoms with Crippen LogP contribution in [0.25, 0.3) is 4.91 Å². The van der Waals surface area contributed by atoms with Crippen LogP contribution < -0.4 is 5.32 Å². The molecule has 4 nitrogen and oxygen atoms in total. The molecule has 0 unspecified atom stereocenters. The Balaban J connectivity index is 0.000000463. The minimum atomic E-state index is 0.768. The Hall–Kier alpha value is -1.56. The smallest absolute Gasteiger partial charge is 0.156 e. The number of hydrogen-bond donors (Lipinski definition) is 1. The van der Waals surface area contributed by atoms with Crippen LogP contribution in [0.5, 0.6) is 0 Å². The molecule has 0 heterocycles. The maximum atomic E-state index is 10.9. The van der Waals surface area contributed by atoms with Crippen LogP contribution in [-0.4, -0.2) is 39.6 Å². The summed E-state index contributed by atoms with van der Waals surface area (Å²) < 4.78 is 0. The number of allylic oxidation sites excluding steroid dienone is 3. The summed E-state index contributed by atoms with van der Waals surface area (Å²) in [6.07, 6.45) is 7.12. The number of hydroxylamine groups is 2. The standard InChI is InChI=1S/C15H17NOS.C3H9NO/c1-3-13(10-17)18-15-6-4-5-11-7-8-12(16-2)9-14(11)15;1-4(2)5-3/h3,6-10,16H,4-5H2,1-2H3;1-3H3/b13-3-;. The van der Waals surface area contributed by atoms with Gasteiger partial charge in [-0.25, -0.2) is 0 Å². The number of nitrogens with one attached hydrogen (secondary N) is 1. The van der Waals surface area contributed by atoms with Crippen LogP contribution in [0.3, 0.4) is 0 Å². The molecule has 1 aromatic rings. The lowest BCUT2D eigenvalue weighted by molar-refractivity contribution is -0.104. The normalized spacial score (nSPS) is 13.7. The number of hydrogen-bond acceptors (Lipinski definition) is 5. The molecule has 5 heteroatoms. The van der Waals surface area contributed by atoms with E-state index in [2.05, 4.69) is 34.4 Å². The van der Waals surface area contributed by atoms with Gasteiger partial charge in [0.15, 0.2) is 6.29 Å². The summed E-state index contributed by atoms with van der Waals surface area (Å²) in [4.78, 5) is 17.5. The van der Waals surface area contributed by atoms with Crippen molar-refractivity contribution in [3.63, 3.8) is 0 Å². The van der Waals surface area contributed by atoms with E-state index in [4.69, 9.17) is 0 Å². The van der Waals surface area contributed by atoms with Gasteiger partial charge in [0.05, 0.1) is 7.11 Å². The summed E-state index contributed by atoms with van der Waals surface area (Å²) in [6.45, 7) is 1.89. The molecule has 23 heavy (non-hydrogen) atoms. The molecule has 1 aliphatic rings. The fourth-order valence-electron chi connectivity index (χ4n) is 2.02. The Morgan fingerprint density at radius 2 is 2.09 bits per heavy atom. The monoisotopic (exact) mass is 334 g/mol. The van der Waals surface area contributed by atoms with Crippen molar-refractivity contribution >= 4 is 28.6 Å². The Labute approximate surface area is 143 Å². The van der Waals surface area contributed by atoms with Crippen LogP contribution in [0.4, 0.5) is 5.69 Å². The van der Waals surface area contributed by atoms with E-state index in [1.54, 1.807) is 23.9 Å². The molecule has 2 rings (SSSR count). The van der Waals surface area contributed by atoms with E-state index in [-0.39, 0.29) is 0 Å². The summed E-state index contributed by atoms with van der Waals surface area (Å²) >= 11 is 1.55. The molecule has 126 valence electrons. The highest BCUT2D eigenvalue weighted by molar-refractivity contribution is 8.12. The zero-order valence-electron chi connectivity index (χ0n) is 14.6. The number of carbonyl (C=O) groups excluding carboxylic acids is 1. The van der Waals surface area contributed by atoms with E-state index in [0.29, 0.717) is 0 Å². The zero-order valence-corrected chi connectivity index (χ0v) is 15.4. The number of rotatable bonds is 5. The van der Waals surface area contributed by atoms with E-state index in [9.17, 15) is 4.79 Å². The van der Waals surface area contributed by atoms with E-state index in [1.165, 1.54) is 16.0 Å². The summed E-state index contributed by atoms with van der Waals surface area (Å²) in [5, 5.41) is 4.78. The van der Waals surface area contributed by atoms with Crippen LogP contribution >= 0.6 is 11.8 Å². The molecule has 0 saturated heterocycles. The van der Waals surface area contributed by atoms with E-state index < -0.39 is 0 Å². The lowest BCUT2D eigenvalue weighted by Crippen LogP contribution is -2.07. The topological polar surface area (TPSA) is 41.6 Å². The van der Waals surface area contributed by atoms with Gasteiger partial charge >= 0.3 is 0 Å². The van der Waals surface area contributed by atoms with Crippen molar-refractivity contribution in [3.8, 4) is 0 Å². The van der Waals surface area contributed by atoms with Crippen LogP contribution in [0.2, 0.25) is 0 Å². The molecule has 0 atom stereocenters. The first-order valence-electron chi connectivity index (χ1n) is 7.57. The Morgan fingerprint density at radius 3 is 2.61 bits per heavy atom. The number of nitrogens with zero attached hydrogens (tertiary/aromatic N) is 1. The van der Waals surface area contributed by atoms with Gasteiger partial charge in [-0.2, -0.15) is 5.06 Å². The molecule has 0 bridgehead atoms. The summed E-state index contributed by atoms with van der Waals surface area (Å²) in [5.74, 6) is 0. The number of thioether (sulfide) groups is 1. The molecular formula is C18H26N2O2S. The Bertz CT molecular complexity index is 580. The second-order valence-corrected chi connectivity index (χ2v) is 6.25. The predicted octanol–water partition coefficient (Wildman–Crippen LogP) is 3.96. The summed E-state index contributed by atoms with van der Waals surface area (Å²) in [7, 11) is 7.21. The van der Waals surface area contributed by atoms with Gasteiger partial charge in [0.2, 0.25) is 0 Å². The second-order valence-electron chi connectivity index (χ2n) is 5.13. The first-order valence-corrected chi connectivity index (χ1v) is 8.39. The van der Waals surface area contributed by atoms with Gasteiger partial charge in [0, 0.05) is 36.6 Å². The predicted molar refractivity (Wildman–Crippen MR) is 100 cm³/mol. The van der Waals surface area contributed by atoms with Crippen LogP contribution in [0.15, 0.2) is 35.3 Å². The molecule has 1 aliphatic carbocycles. The van der Waals surface area contributed by atoms with E-state index in [0.717, 1.165) is 29.7 Å².